The van der Waals surface area contributed by atoms with E-state index < -0.39 is 0 Å². The number of esters is 2. The summed E-state index contributed by atoms with van der Waals surface area (Å²) in [7, 11) is 3.20. The minimum atomic E-state index is -0.210. The lowest BCUT2D eigenvalue weighted by molar-refractivity contribution is -0.146. The van der Waals surface area contributed by atoms with Crippen LogP contribution >= 0.6 is 0 Å². The number of carbonyl (C=O) groups is 2. The van der Waals surface area contributed by atoms with Crippen LogP contribution in [0.2, 0.25) is 0 Å². The molecule has 0 aromatic heterocycles. The zero-order chi connectivity index (χ0) is 15.1. The monoisotopic (exact) mass is 290 g/mol. The van der Waals surface area contributed by atoms with Crippen LogP contribution in [0.25, 0.3) is 0 Å². The van der Waals surface area contributed by atoms with Gasteiger partial charge in [-0.1, -0.05) is 0 Å². The molecule has 0 aliphatic rings. The number of hydrogen-bond donors (Lipinski definition) is 0. The van der Waals surface area contributed by atoms with Gasteiger partial charge in [0.2, 0.25) is 0 Å². The van der Waals surface area contributed by atoms with Gasteiger partial charge in [-0.3, -0.25) is 9.59 Å². The number of ether oxygens (including phenoxy) is 4. The van der Waals surface area contributed by atoms with Crippen molar-refractivity contribution in [1.29, 1.82) is 0 Å². The van der Waals surface area contributed by atoms with Crippen molar-refractivity contribution in [3.05, 3.63) is 0 Å². The molecule has 0 amide bonds. The summed E-state index contributed by atoms with van der Waals surface area (Å²) in [5.74, 6) is -0.419. The Morgan fingerprint density at radius 1 is 0.650 bits per heavy atom. The highest BCUT2D eigenvalue weighted by molar-refractivity contribution is 5.69. The Balaban J connectivity index is 3.27. The third-order valence-corrected chi connectivity index (χ3v) is 2.52. The molecule has 0 N–H and O–H groups in total. The Hall–Kier alpha value is -1.14. The molecule has 0 aromatic carbocycles. The number of carbonyl (C=O) groups excluding carboxylic acids is 2. The fourth-order valence-corrected chi connectivity index (χ4v) is 1.44. The fourth-order valence-electron chi connectivity index (χ4n) is 1.44. The minimum absolute atomic E-state index is 0.210. The molecule has 0 atom stereocenters. The summed E-state index contributed by atoms with van der Waals surface area (Å²) < 4.78 is 19.7. The van der Waals surface area contributed by atoms with E-state index in [0.717, 1.165) is 0 Å². The molecule has 0 rings (SSSR count). The second-order valence-electron chi connectivity index (χ2n) is 4.34. The highest BCUT2D eigenvalue weighted by Gasteiger charge is 2.04. The average Bonchev–Trinajstić information content (AvgIpc) is 2.43. The molecule has 0 radical (unpaired) electrons. The molecule has 118 valence electrons. The van der Waals surface area contributed by atoms with Gasteiger partial charge in [0, 0.05) is 40.3 Å². The minimum Gasteiger partial charge on any atom is -0.466 e. The summed E-state index contributed by atoms with van der Waals surface area (Å²) in [6.07, 6.45) is 3.50. The molecule has 0 unspecified atom stereocenters. The fraction of sp³-hybridized carbons (Fsp3) is 0.857. The van der Waals surface area contributed by atoms with Gasteiger partial charge in [-0.15, -0.1) is 0 Å². The first kappa shape index (κ1) is 18.9. The predicted octanol–water partition coefficient (Wildman–Crippen LogP) is 1.71. The smallest absolute Gasteiger partial charge is 0.305 e. The average molecular weight is 290 g/mol. The van der Waals surface area contributed by atoms with Crippen LogP contribution < -0.4 is 0 Å². The van der Waals surface area contributed by atoms with Crippen molar-refractivity contribution in [2.45, 2.75) is 38.5 Å². The first-order valence-electron chi connectivity index (χ1n) is 6.99. The molecule has 0 fully saturated rings. The Morgan fingerprint density at radius 2 is 1.05 bits per heavy atom. The van der Waals surface area contributed by atoms with Gasteiger partial charge in [0.1, 0.15) is 0 Å². The van der Waals surface area contributed by atoms with Gasteiger partial charge < -0.3 is 18.9 Å². The first-order valence-corrected chi connectivity index (χ1v) is 6.99. The topological polar surface area (TPSA) is 71.1 Å². The number of rotatable bonds is 13. The van der Waals surface area contributed by atoms with Crippen LogP contribution in [-0.4, -0.2) is 52.6 Å². The first-order chi connectivity index (χ1) is 9.70. The van der Waals surface area contributed by atoms with E-state index in [4.69, 9.17) is 18.9 Å². The van der Waals surface area contributed by atoms with Gasteiger partial charge in [-0.2, -0.15) is 0 Å². The molecular weight excluding hydrogens is 264 g/mol. The molecule has 0 aliphatic carbocycles. The van der Waals surface area contributed by atoms with Crippen LogP contribution in [-0.2, 0) is 28.5 Å². The van der Waals surface area contributed by atoms with E-state index >= 15 is 0 Å². The predicted molar refractivity (Wildman–Crippen MR) is 73.4 cm³/mol. The lowest BCUT2D eigenvalue weighted by Gasteiger charge is -2.06. The molecule has 6 nitrogen and oxygen atoms in total. The second kappa shape index (κ2) is 14.3. The van der Waals surface area contributed by atoms with E-state index in [1.165, 1.54) is 0 Å². The lowest BCUT2D eigenvalue weighted by atomic mass is 10.3. The molecule has 20 heavy (non-hydrogen) atoms. The van der Waals surface area contributed by atoms with Crippen molar-refractivity contribution < 1.29 is 28.5 Å². The van der Waals surface area contributed by atoms with Crippen molar-refractivity contribution in [2.75, 3.05) is 40.6 Å². The lowest BCUT2D eigenvalue weighted by Crippen LogP contribution is -2.09. The molecule has 0 bridgehead atoms. The third kappa shape index (κ3) is 13.3. The quantitative estimate of drug-likeness (QED) is 0.380. The zero-order valence-corrected chi connectivity index (χ0v) is 12.5. The van der Waals surface area contributed by atoms with Crippen LogP contribution in [0.1, 0.15) is 38.5 Å². The number of methoxy groups -OCH3 is 2. The van der Waals surface area contributed by atoms with Gasteiger partial charge in [0.15, 0.2) is 0 Å². The molecule has 0 aromatic rings. The maximum absolute atomic E-state index is 11.2. The van der Waals surface area contributed by atoms with E-state index in [0.29, 0.717) is 65.0 Å². The summed E-state index contributed by atoms with van der Waals surface area (Å²) >= 11 is 0. The van der Waals surface area contributed by atoms with Gasteiger partial charge >= 0.3 is 11.9 Å². The van der Waals surface area contributed by atoms with Crippen LogP contribution in [0, 0.1) is 0 Å². The largest absolute Gasteiger partial charge is 0.466 e. The van der Waals surface area contributed by atoms with Gasteiger partial charge in [0.25, 0.3) is 0 Å². The highest BCUT2D eigenvalue weighted by Crippen LogP contribution is 1.99. The van der Waals surface area contributed by atoms with Crippen LogP contribution in [0.5, 0.6) is 0 Å². The molecule has 0 aliphatic heterocycles. The molecule has 0 saturated carbocycles. The SMILES string of the molecule is COCCCC(=O)OCCCCOC(=O)CCCOC. The van der Waals surface area contributed by atoms with Crippen molar-refractivity contribution in [1.82, 2.24) is 0 Å². The summed E-state index contributed by atoms with van der Waals surface area (Å²) in [4.78, 5) is 22.5. The Morgan fingerprint density at radius 3 is 1.40 bits per heavy atom. The van der Waals surface area contributed by atoms with E-state index in [1.807, 2.05) is 0 Å². The molecule has 6 heteroatoms. The summed E-state index contributed by atoms with van der Waals surface area (Å²) in [6, 6.07) is 0. The van der Waals surface area contributed by atoms with Crippen LogP contribution in [0.4, 0.5) is 0 Å². The molecule has 0 heterocycles. The van der Waals surface area contributed by atoms with Crippen LogP contribution in [0.3, 0.4) is 0 Å². The summed E-state index contributed by atoms with van der Waals surface area (Å²) in [5, 5.41) is 0. The Kier molecular flexibility index (Phi) is 13.5. The van der Waals surface area contributed by atoms with Crippen molar-refractivity contribution in [3.63, 3.8) is 0 Å². The standard InChI is InChI=1S/C14H26O6/c1-17-9-5-7-13(15)19-11-3-4-12-20-14(16)8-6-10-18-2/h3-12H2,1-2H3. The Bertz CT molecular complexity index is 228. The van der Waals surface area contributed by atoms with Crippen molar-refractivity contribution >= 4 is 11.9 Å². The van der Waals surface area contributed by atoms with E-state index in [1.54, 1.807) is 14.2 Å². The molecule has 0 spiro atoms. The molecular formula is C14H26O6. The van der Waals surface area contributed by atoms with Crippen molar-refractivity contribution in [2.24, 2.45) is 0 Å². The van der Waals surface area contributed by atoms with Crippen molar-refractivity contribution in [3.8, 4) is 0 Å². The number of hydrogen-bond acceptors (Lipinski definition) is 6. The van der Waals surface area contributed by atoms with Gasteiger partial charge in [0.05, 0.1) is 13.2 Å². The number of unbranched alkanes of at least 4 members (excludes halogenated alkanes) is 1. The van der Waals surface area contributed by atoms with E-state index in [-0.39, 0.29) is 11.9 Å². The third-order valence-electron chi connectivity index (χ3n) is 2.52. The molecule has 0 saturated heterocycles. The van der Waals surface area contributed by atoms with Crippen LogP contribution in [0.15, 0.2) is 0 Å². The summed E-state index contributed by atoms with van der Waals surface area (Å²) in [6.45, 7) is 1.86. The van der Waals surface area contributed by atoms with Gasteiger partial charge in [-0.25, -0.2) is 0 Å². The second-order valence-corrected chi connectivity index (χ2v) is 4.34. The van der Waals surface area contributed by atoms with E-state index in [9.17, 15) is 9.59 Å². The Labute approximate surface area is 120 Å². The maximum atomic E-state index is 11.2. The normalized spacial score (nSPS) is 10.3. The summed E-state index contributed by atoms with van der Waals surface area (Å²) in [5.41, 5.74) is 0. The highest BCUT2D eigenvalue weighted by atomic mass is 16.5. The van der Waals surface area contributed by atoms with Gasteiger partial charge in [-0.05, 0) is 25.7 Å². The zero-order valence-electron chi connectivity index (χ0n) is 12.5. The van der Waals surface area contributed by atoms with E-state index in [2.05, 4.69) is 0 Å². The maximum Gasteiger partial charge on any atom is 0.305 e.